The standard InChI is InChI=1S/C11H15NO3/c1-6-8(5-13)7(2)11(15-4)9(12)10(6)14-3/h5H,12H2,1-4H3. The summed E-state index contributed by atoms with van der Waals surface area (Å²) in [5, 5.41) is 0. The molecule has 15 heavy (non-hydrogen) atoms. The molecule has 0 fully saturated rings. The van der Waals surface area contributed by atoms with Crippen molar-refractivity contribution in [1.29, 1.82) is 0 Å². The van der Waals surface area contributed by atoms with Gasteiger partial charge in [0.2, 0.25) is 0 Å². The summed E-state index contributed by atoms with van der Waals surface area (Å²) in [6.45, 7) is 3.59. The van der Waals surface area contributed by atoms with Crippen molar-refractivity contribution in [2.75, 3.05) is 20.0 Å². The van der Waals surface area contributed by atoms with Gasteiger partial charge in [-0.1, -0.05) is 0 Å². The number of benzene rings is 1. The highest BCUT2D eigenvalue weighted by atomic mass is 16.5. The Morgan fingerprint density at radius 1 is 1.07 bits per heavy atom. The Labute approximate surface area is 89.0 Å². The third-order valence-corrected chi connectivity index (χ3v) is 2.50. The van der Waals surface area contributed by atoms with E-state index in [0.717, 1.165) is 17.4 Å². The molecule has 0 spiro atoms. The predicted octanol–water partition coefficient (Wildman–Crippen LogP) is 1.72. The number of methoxy groups -OCH3 is 2. The lowest BCUT2D eigenvalue weighted by Gasteiger charge is -2.17. The zero-order valence-electron chi connectivity index (χ0n) is 9.38. The van der Waals surface area contributed by atoms with E-state index in [-0.39, 0.29) is 0 Å². The molecular weight excluding hydrogens is 194 g/mol. The van der Waals surface area contributed by atoms with Gasteiger partial charge in [0.15, 0.2) is 6.29 Å². The van der Waals surface area contributed by atoms with Crippen molar-refractivity contribution in [3.05, 3.63) is 16.7 Å². The largest absolute Gasteiger partial charge is 0.494 e. The molecule has 2 N–H and O–H groups in total. The molecule has 0 aliphatic heterocycles. The fraction of sp³-hybridized carbons (Fsp3) is 0.364. The first-order valence-corrected chi connectivity index (χ1v) is 4.54. The van der Waals surface area contributed by atoms with Crippen molar-refractivity contribution in [3.8, 4) is 11.5 Å². The molecule has 4 nitrogen and oxygen atoms in total. The van der Waals surface area contributed by atoms with Crippen molar-refractivity contribution in [2.24, 2.45) is 0 Å². The number of hydrogen-bond acceptors (Lipinski definition) is 4. The minimum absolute atomic E-state index is 0.431. The highest BCUT2D eigenvalue weighted by molar-refractivity contribution is 5.86. The Morgan fingerprint density at radius 3 is 1.73 bits per heavy atom. The molecule has 1 aromatic rings. The van der Waals surface area contributed by atoms with E-state index >= 15 is 0 Å². The van der Waals surface area contributed by atoms with E-state index in [1.807, 2.05) is 0 Å². The van der Waals surface area contributed by atoms with Crippen molar-refractivity contribution in [1.82, 2.24) is 0 Å². The first-order valence-electron chi connectivity index (χ1n) is 4.54. The number of nitrogen functional groups attached to an aromatic ring is 1. The van der Waals surface area contributed by atoms with Gasteiger partial charge in [-0.3, -0.25) is 4.79 Å². The molecule has 1 aromatic carbocycles. The van der Waals surface area contributed by atoms with Crippen LogP contribution >= 0.6 is 0 Å². The Kier molecular flexibility index (Phi) is 3.19. The molecule has 0 atom stereocenters. The van der Waals surface area contributed by atoms with Crippen LogP contribution in [0.1, 0.15) is 21.5 Å². The number of ether oxygens (including phenoxy) is 2. The number of nitrogens with two attached hydrogens (primary N) is 1. The first kappa shape index (κ1) is 11.4. The zero-order chi connectivity index (χ0) is 11.6. The number of aldehydes is 1. The molecule has 1 rings (SSSR count). The van der Waals surface area contributed by atoms with Gasteiger partial charge in [-0.2, -0.15) is 0 Å². The maximum Gasteiger partial charge on any atom is 0.150 e. The number of rotatable bonds is 3. The van der Waals surface area contributed by atoms with Crippen LogP contribution in [0.5, 0.6) is 11.5 Å². The summed E-state index contributed by atoms with van der Waals surface area (Å²) < 4.78 is 10.3. The topological polar surface area (TPSA) is 61.5 Å². The maximum absolute atomic E-state index is 10.9. The van der Waals surface area contributed by atoms with E-state index in [1.54, 1.807) is 13.8 Å². The van der Waals surface area contributed by atoms with Gasteiger partial charge in [-0.25, -0.2) is 0 Å². The molecule has 0 aliphatic rings. The summed E-state index contributed by atoms with van der Waals surface area (Å²) >= 11 is 0. The molecule has 4 heteroatoms. The molecular formula is C11H15NO3. The second-order valence-electron chi connectivity index (χ2n) is 3.26. The normalized spacial score (nSPS) is 9.87. The fourth-order valence-corrected chi connectivity index (χ4v) is 1.74. The van der Waals surface area contributed by atoms with Gasteiger partial charge in [0.25, 0.3) is 0 Å². The maximum atomic E-state index is 10.9. The van der Waals surface area contributed by atoms with Gasteiger partial charge >= 0.3 is 0 Å². The third kappa shape index (κ3) is 1.63. The van der Waals surface area contributed by atoms with E-state index in [0.29, 0.717) is 22.7 Å². The van der Waals surface area contributed by atoms with E-state index in [1.165, 1.54) is 14.2 Å². The molecule has 0 aromatic heterocycles. The van der Waals surface area contributed by atoms with E-state index < -0.39 is 0 Å². The lowest BCUT2D eigenvalue weighted by atomic mass is 10.0. The summed E-state index contributed by atoms with van der Waals surface area (Å²) in [4.78, 5) is 10.9. The molecule has 0 radical (unpaired) electrons. The first-order chi connectivity index (χ1) is 7.08. The Hall–Kier alpha value is -1.71. The van der Waals surface area contributed by atoms with Gasteiger partial charge in [0, 0.05) is 16.7 Å². The van der Waals surface area contributed by atoms with Crippen LogP contribution in [0.4, 0.5) is 5.69 Å². The number of carbonyl (C=O) groups is 1. The highest BCUT2D eigenvalue weighted by Gasteiger charge is 2.18. The second-order valence-corrected chi connectivity index (χ2v) is 3.26. The minimum Gasteiger partial charge on any atom is -0.494 e. The van der Waals surface area contributed by atoms with Gasteiger partial charge < -0.3 is 15.2 Å². The number of hydrogen-bond donors (Lipinski definition) is 1. The average molecular weight is 209 g/mol. The van der Waals surface area contributed by atoms with Crippen LogP contribution in [-0.4, -0.2) is 20.5 Å². The summed E-state index contributed by atoms with van der Waals surface area (Å²) in [5.74, 6) is 0.999. The van der Waals surface area contributed by atoms with Crippen molar-refractivity contribution < 1.29 is 14.3 Å². The number of anilines is 1. The third-order valence-electron chi connectivity index (χ3n) is 2.50. The molecule has 0 saturated heterocycles. The second kappa shape index (κ2) is 4.21. The fourth-order valence-electron chi connectivity index (χ4n) is 1.74. The summed E-state index contributed by atoms with van der Waals surface area (Å²) in [6.07, 6.45) is 0.787. The Bertz CT molecular complexity index is 368. The SMILES string of the molecule is COc1c(C)c(C=O)c(C)c(OC)c1N. The van der Waals surface area contributed by atoms with Crippen molar-refractivity contribution in [3.63, 3.8) is 0 Å². The summed E-state index contributed by atoms with van der Waals surface area (Å²) in [6, 6.07) is 0. The van der Waals surface area contributed by atoms with Crippen LogP contribution in [0.15, 0.2) is 0 Å². The van der Waals surface area contributed by atoms with Crippen LogP contribution < -0.4 is 15.2 Å². The predicted molar refractivity (Wildman–Crippen MR) is 58.8 cm³/mol. The van der Waals surface area contributed by atoms with Gasteiger partial charge in [-0.05, 0) is 13.8 Å². The van der Waals surface area contributed by atoms with Gasteiger partial charge in [-0.15, -0.1) is 0 Å². The molecule has 0 bridgehead atoms. The molecule has 0 amide bonds. The Balaban J connectivity index is 3.64. The van der Waals surface area contributed by atoms with Crippen LogP contribution in [0.25, 0.3) is 0 Å². The minimum atomic E-state index is 0.431. The molecule has 82 valence electrons. The summed E-state index contributed by atoms with van der Waals surface area (Å²) in [7, 11) is 3.03. The zero-order valence-corrected chi connectivity index (χ0v) is 9.38. The highest BCUT2D eigenvalue weighted by Crippen LogP contribution is 2.39. The monoisotopic (exact) mass is 209 g/mol. The molecule has 0 heterocycles. The molecule has 0 aliphatic carbocycles. The van der Waals surface area contributed by atoms with Crippen LogP contribution in [0, 0.1) is 13.8 Å². The van der Waals surface area contributed by atoms with E-state index in [9.17, 15) is 4.79 Å². The van der Waals surface area contributed by atoms with Gasteiger partial charge in [0.1, 0.15) is 17.2 Å². The lowest BCUT2D eigenvalue weighted by molar-refractivity contribution is 0.112. The summed E-state index contributed by atoms with van der Waals surface area (Å²) in [5.41, 5.74) is 8.34. The molecule has 0 saturated carbocycles. The smallest absolute Gasteiger partial charge is 0.150 e. The Morgan fingerprint density at radius 2 is 1.47 bits per heavy atom. The quantitative estimate of drug-likeness (QED) is 0.608. The number of carbonyl (C=O) groups excluding carboxylic acids is 1. The van der Waals surface area contributed by atoms with E-state index in [4.69, 9.17) is 15.2 Å². The van der Waals surface area contributed by atoms with Crippen LogP contribution in [0.2, 0.25) is 0 Å². The van der Waals surface area contributed by atoms with Crippen molar-refractivity contribution >= 4 is 12.0 Å². The van der Waals surface area contributed by atoms with E-state index in [2.05, 4.69) is 0 Å². The molecule has 0 unspecified atom stereocenters. The van der Waals surface area contributed by atoms with Crippen molar-refractivity contribution in [2.45, 2.75) is 13.8 Å². The average Bonchev–Trinajstić information content (AvgIpc) is 2.19. The van der Waals surface area contributed by atoms with Gasteiger partial charge in [0.05, 0.1) is 14.2 Å². The van der Waals surface area contributed by atoms with Crippen LogP contribution in [-0.2, 0) is 0 Å². The lowest BCUT2D eigenvalue weighted by Crippen LogP contribution is -2.04. The van der Waals surface area contributed by atoms with Crippen LogP contribution in [0.3, 0.4) is 0 Å².